The number of carbonyl (C=O) groups excluding carboxylic acids is 1. The lowest BCUT2D eigenvalue weighted by Crippen LogP contribution is -2.42. The van der Waals surface area contributed by atoms with E-state index in [0.29, 0.717) is 27.9 Å². The van der Waals surface area contributed by atoms with Crippen molar-refractivity contribution < 1.29 is 13.9 Å². The van der Waals surface area contributed by atoms with E-state index in [0.717, 1.165) is 4.57 Å². The van der Waals surface area contributed by atoms with E-state index in [-0.39, 0.29) is 29.6 Å². The molecule has 0 aliphatic carbocycles. The molecule has 2 heterocycles. The van der Waals surface area contributed by atoms with Crippen LogP contribution in [0.1, 0.15) is 27.9 Å². The number of carbonyl (C=O) groups is 1. The molecular weight excluding hydrogens is 445 g/mol. The summed E-state index contributed by atoms with van der Waals surface area (Å²) in [6, 6.07) is 14.3. The molecule has 0 atom stereocenters. The third-order valence-corrected chi connectivity index (χ3v) is 6.25. The number of hydrogen-bond acceptors (Lipinski definition) is 6. The summed E-state index contributed by atoms with van der Waals surface area (Å²) in [6.07, 6.45) is 1.39. The van der Waals surface area contributed by atoms with Gasteiger partial charge in [-0.15, -0.1) is 11.8 Å². The lowest BCUT2D eigenvalue weighted by atomic mass is 10.1. The fourth-order valence-corrected chi connectivity index (χ4v) is 4.37. The van der Waals surface area contributed by atoms with Crippen molar-refractivity contribution >= 4 is 23.9 Å². The second-order valence-electron chi connectivity index (χ2n) is 7.41. The Bertz CT molecular complexity index is 1410. The summed E-state index contributed by atoms with van der Waals surface area (Å²) in [6.45, 7) is 1.65. The average molecular weight is 463 g/mol. The highest BCUT2D eigenvalue weighted by molar-refractivity contribution is 8.03. The van der Waals surface area contributed by atoms with Gasteiger partial charge in [0.2, 0.25) is 0 Å². The predicted molar refractivity (Wildman–Crippen MR) is 122 cm³/mol. The molecule has 0 unspecified atom stereocenters. The standard InChI is InChI=1S/C24H18FN3O4S/c1-15-20-14-33-21(23(30)32-13-18-6-8-19(25)9-7-18)12-27(20)24(31)28(22(15)29)11-17-4-2-16(10-26)3-5-17/h2-9,12H,11,13-14H2,1H3. The van der Waals surface area contributed by atoms with Gasteiger partial charge in [-0.3, -0.25) is 13.9 Å². The summed E-state index contributed by atoms with van der Waals surface area (Å²) in [4.78, 5) is 38.7. The first-order chi connectivity index (χ1) is 15.9. The van der Waals surface area contributed by atoms with Crippen molar-refractivity contribution in [2.24, 2.45) is 0 Å². The molecule has 166 valence electrons. The number of benzene rings is 2. The lowest BCUT2D eigenvalue weighted by molar-refractivity contribution is -0.139. The zero-order valence-electron chi connectivity index (χ0n) is 17.6. The molecule has 7 nitrogen and oxygen atoms in total. The minimum absolute atomic E-state index is 0.0318. The van der Waals surface area contributed by atoms with E-state index in [2.05, 4.69) is 0 Å². The van der Waals surface area contributed by atoms with E-state index >= 15 is 0 Å². The number of aromatic nitrogens is 2. The van der Waals surface area contributed by atoms with Crippen LogP contribution in [0, 0.1) is 24.1 Å². The summed E-state index contributed by atoms with van der Waals surface area (Å²) in [5.41, 5.74) is 1.80. The maximum atomic E-state index is 13.1. The summed E-state index contributed by atoms with van der Waals surface area (Å²) in [5.74, 6) is -0.718. The van der Waals surface area contributed by atoms with Gasteiger partial charge in [-0.2, -0.15) is 5.26 Å². The van der Waals surface area contributed by atoms with Crippen LogP contribution in [0.15, 0.2) is 63.0 Å². The molecule has 0 amide bonds. The van der Waals surface area contributed by atoms with Crippen molar-refractivity contribution in [2.45, 2.75) is 25.8 Å². The zero-order valence-corrected chi connectivity index (χ0v) is 18.4. The number of nitrogens with zero attached hydrogens (tertiary/aromatic N) is 3. The third-order valence-electron chi connectivity index (χ3n) is 5.25. The van der Waals surface area contributed by atoms with Crippen LogP contribution in [0.5, 0.6) is 0 Å². The maximum absolute atomic E-state index is 13.1. The number of esters is 1. The molecule has 0 fully saturated rings. The van der Waals surface area contributed by atoms with E-state index in [1.54, 1.807) is 31.2 Å². The highest BCUT2D eigenvalue weighted by Crippen LogP contribution is 2.28. The van der Waals surface area contributed by atoms with Crippen LogP contribution < -0.4 is 11.2 Å². The molecule has 1 aliphatic heterocycles. The van der Waals surface area contributed by atoms with Crippen LogP contribution in [0.3, 0.4) is 0 Å². The second-order valence-corrected chi connectivity index (χ2v) is 8.43. The van der Waals surface area contributed by atoms with E-state index in [1.807, 2.05) is 6.07 Å². The first-order valence-electron chi connectivity index (χ1n) is 9.97. The maximum Gasteiger partial charge on any atom is 0.346 e. The number of halogens is 1. The third kappa shape index (κ3) is 4.66. The van der Waals surface area contributed by atoms with Gasteiger partial charge < -0.3 is 4.74 Å². The van der Waals surface area contributed by atoms with Gasteiger partial charge in [-0.25, -0.2) is 14.0 Å². The molecule has 9 heteroatoms. The monoisotopic (exact) mass is 463 g/mol. The quantitative estimate of drug-likeness (QED) is 0.540. The molecule has 0 N–H and O–H groups in total. The molecule has 0 saturated carbocycles. The molecule has 1 aliphatic rings. The Morgan fingerprint density at radius 3 is 2.45 bits per heavy atom. The number of fused-ring (bicyclic) bond motifs is 1. The van der Waals surface area contributed by atoms with E-state index < -0.39 is 17.2 Å². The largest absolute Gasteiger partial charge is 0.457 e. The summed E-state index contributed by atoms with van der Waals surface area (Å²) in [7, 11) is 0. The van der Waals surface area contributed by atoms with E-state index in [1.165, 1.54) is 46.8 Å². The van der Waals surface area contributed by atoms with Crippen molar-refractivity contribution in [3.8, 4) is 6.07 Å². The fraction of sp³-hybridized carbons (Fsp3) is 0.167. The van der Waals surface area contributed by atoms with Crippen LogP contribution >= 0.6 is 11.8 Å². The topological polar surface area (TPSA) is 94.1 Å². The highest BCUT2D eigenvalue weighted by atomic mass is 32.2. The Morgan fingerprint density at radius 1 is 1.12 bits per heavy atom. The predicted octanol–water partition coefficient (Wildman–Crippen LogP) is 3.17. The van der Waals surface area contributed by atoms with Gasteiger partial charge in [-0.1, -0.05) is 24.3 Å². The smallest absolute Gasteiger partial charge is 0.346 e. The first kappa shape index (κ1) is 22.3. The minimum Gasteiger partial charge on any atom is -0.457 e. The molecule has 0 saturated heterocycles. The van der Waals surface area contributed by atoms with Crippen molar-refractivity contribution in [3.05, 3.63) is 108 Å². The van der Waals surface area contributed by atoms with Crippen molar-refractivity contribution in [1.29, 1.82) is 5.26 Å². The SMILES string of the molecule is Cc1c2n(c(=O)n(Cc3ccc(C#N)cc3)c1=O)C=C(C(=O)OCc1ccc(F)cc1)SC2. The first-order valence-corrected chi connectivity index (χ1v) is 11.0. The molecule has 1 aromatic heterocycles. The molecular formula is C24H18FN3O4S. The van der Waals surface area contributed by atoms with E-state index in [4.69, 9.17) is 10.00 Å². The average Bonchev–Trinajstić information content (AvgIpc) is 2.84. The van der Waals surface area contributed by atoms with E-state index in [9.17, 15) is 18.8 Å². The minimum atomic E-state index is -0.607. The Morgan fingerprint density at radius 2 is 1.79 bits per heavy atom. The van der Waals surface area contributed by atoms with Crippen LogP contribution in [-0.4, -0.2) is 15.1 Å². The number of rotatable bonds is 5. The van der Waals surface area contributed by atoms with Crippen molar-refractivity contribution in [2.75, 3.05) is 0 Å². The highest BCUT2D eigenvalue weighted by Gasteiger charge is 2.23. The van der Waals surface area contributed by atoms with Crippen molar-refractivity contribution in [3.63, 3.8) is 0 Å². The molecule has 0 bridgehead atoms. The number of thioether (sulfide) groups is 1. The molecule has 33 heavy (non-hydrogen) atoms. The van der Waals surface area contributed by atoms with Gasteiger partial charge >= 0.3 is 11.7 Å². The normalized spacial score (nSPS) is 12.5. The van der Waals surface area contributed by atoms with Crippen molar-refractivity contribution in [1.82, 2.24) is 9.13 Å². The summed E-state index contributed by atoms with van der Waals surface area (Å²) in [5, 5.41) is 8.94. The van der Waals surface area contributed by atoms with Gasteiger partial charge in [-0.05, 0) is 42.3 Å². The lowest BCUT2D eigenvalue weighted by Gasteiger charge is -2.20. The Hall–Kier alpha value is -3.90. The Balaban J connectivity index is 1.62. The zero-order chi connectivity index (χ0) is 23.5. The van der Waals surface area contributed by atoms with Crippen LogP contribution in [-0.2, 0) is 28.4 Å². The second kappa shape index (κ2) is 9.30. The van der Waals surface area contributed by atoms with Crippen LogP contribution in [0.2, 0.25) is 0 Å². The van der Waals surface area contributed by atoms with Crippen LogP contribution in [0.25, 0.3) is 6.20 Å². The fourth-order valence-electron chi connectivity index (χ4n) is 3.37. The Kier molecular flexibility index (Phi) is 6.29. The molecule has 4 rings (SSSR count). The van der Waals surface area contributed by atoms with Gasteiger partial charge in [0.15, 0.2) is 0 Å². The molecule has 0 radical (unpaired) electrons. The Labute approximate surface area is 192 Å². The van der Waals surface area contributed by atoms with Gasteiger partial charge in [0, 0.05) is 23.2 Å². The summed E-state index contributed by atoms with van der Waals surface area (Å²) < 4.78 is 20.8. The van der Waals surface area contributed by atoms with Gasteiger partial charge in [0.1, 0.15) is 17.3 Å². The van der Waals surface area contributed by atoms with Crippen LogP contribution in [0.4, 0.5) is 4.39 Å². The number of nitriles is 1. The molecule has 3 aromatic rings. The number of ether oxygens (including phenoxy) is 1. The molecule has 2 aromatic carbocycles. The molecule has 0 spiro atoms. The van der Waals surface area contributed by atoms with Gasteiger partial charge in [0.05, 0.1) is 18.2 Å². The number of hydrogen-bond donors (Lipinski definition) is 0. The van der Waals surface area contributed by atoms with Gasteiger partial charge in [0.25, 0.3) is 5.56 Å². The summed E-state index contributed by atoms with van der Waals surface area (Å²) >= 11 is 1.19.